The molecule has 34 heavy (non-hydrogen) atoms. The van der Waals surface area contributed by atoms with Gasteiger partial charge in [-0.05, 0) is 25.7 Å². The Kier molecular flexibility index (Phi) is 5.05. The number of benzene rings is 1. The number of rotatable bonds is 2. The predicted molar refractivity (Wildman–Crippen MR) is 132 cm³/mol. The number of ether oxygens (including phenoxy) is 4. The third-order valence-electron chi connectivity index (χ3n) is 7.04. The van der Waals surface area contributed by atoms with Crippen molar-refractivity contribution < 1.29 is 18.9 Å². The second-order valence-corrected chi connectivity index (χ2v) is 11.0. The lowest BCUT2D eigenvalue weighted by molar-refractivity contribution is 0.174. The Balaban J connectivity index is 1.44. The molecule has 8 heteroatoms. The highest BCUT2D eigenvalue weighted by Crippen LogP contribution is 2.47. The molecule has 1 aromatic carbocycles. The zero-order valence-corrected chi connectivity index (χ0v) is 20.6. The summed E-state index contributed by atoms with van der Waals surface area (Å²) in [6.07, 6.45) is 8.18. The van der Waals surface area contributed by atoms with Gasteiger partial charge in [0.2, 0.25) is 0 Å². The van der Waals surface area contributed by atoms with Crippen LogP contribution in [0.5, 0.6) is 23.0 Å². The van der Waals surface area contributed by atoms with E-state index in [0.717, 1.165) is 67.4 Å². The Hall–Kier alpha value is -2.58. The van der Waals surface area contributed by atoms with Gasteiger partial charge in [0.1, 0.15) is 26.4 Å². The summed E-state index contributed by atoms with van der Waals surface area (Å²) in [5.41, 5.74) is 1.80. The van der Waals surface area contributed by atoms with Crippen LogP contribution in [-0.4, -0.2) is 32.1 Å². The van der Waals surface area contributed by atoms with E-state index in [4.69, 9.17) is 28.9 Å². The molecule has 0 saturated heterocycles. The van der Waals surface area contributed by atoms with E-state index in [2.05, 4.69) is 12.1 Å². The van der Waals surface area contributed by atoms with Crippen molar-refractivity contribution >= 4 is 22.7 Å². The van der Waals surface area contributed by atoms with Crippen LogP contribution in [0.15, 0.2) is 32.9 Å². The van der Waals surface area contributed by atoms with Gasteiger partial charge in [-0.15, -0.1) is 22.7 Å². The fourth-order valence-corrected chi connectivity index (χ4v) is 7.32. The number of nitrogens with zero attached hydrogens (tertiary/aromatic N) is 2. The smallest absolute Gasteiger partial charge is 0.180 e. The lowest BCUT2D eigenvalue weighted by atomic mass is 9.92. The van der Waals surface area contributed by atoms with Crippen LogP contribution in [0.25, 0.3) is 20.9 Å². The summed E-state index contributed by atoms with van der Waals surface area (Å²) in [5, 5.41) is 6.05. The van der Waals surface area contributed by atoms with Crippen molar-refractivity contribution in [3.05, 3.63) is 33.6 Å². The van der Waals surface area contributed by atoms with Crippen molar-refractivity contribution in [2.45, 2.75) is 50.6 Å². The highest BCUT2D eigenvalue weighted by Gasteiger charge is 2.34. The zero-order chi connectivity index (χ0) is 22.5. The van der Waals surface area contributed by atoms with Gasteiger partial charge in [-0.3, -0.25) is 9.98 Å². The Bertz CT molecular complexity index is 1270. The lowest BCUT2D eigenvalue weighted by Gasteiger charge is -2.25. The molecule has 176 valence electrons. The Labute approximate surface area is 205 Å². The van der Waals surface area contributed by atoms with Gasteiger partial charge < -0.3 is 18.9 Å². The molecule has 3 aliphatic heterocycles. The summed E-state index contributed by atoms with van der Waals surface area (Å²) >= 11 is 3.32. The molecule has 1 aliphatic carbocycles. The second kappa shape index (κ2) is 8.27. The largest absolute Gasteiger partial charge is 0.485 e. The molecule has 2 aromatic heterocycles. The highest BCUT2D eigenvalue weighted by atomic mass is 32.1. The standard InChI is InChI=1S/C26H26N2O4S2/c1-2-4-8-26(9-5-3-1)27-20-16(24-22-18(14-33-24)29-10-12-31-22)6-7-17(21(20)28-26)25-23-19(15-34-25)30-11-13-32-23/h6-7,14-15H,1-5,8-13H2. The van der Waals surface area contributed by atoms with E-state index >= 15 is 0 Å². The molecular formula is C26H26N2O4S2. The first-order valence-corrected chi connectivity index (χ1v) is 13.9. The molecule has 7 rings (SSSR count). The summed E-state index contributed by atoms with van der Waals surface area (Å²) in [6.45, 7) is 2.32. The molecule has 5 heterocycles. The highest BCUT2D eigenvalue weighted by molar-refractivity contribution is 7.14. The van der Waals surface area contributed by atoms with Gasteiger partial charge in [0, 0.05) is 21.9 Å². The molecule has 0 radical (unpaired) electrons. The van der Waals surface area contributed by atoms with Crippen LogP contribution in [0.4, 0.5) is 0 Å². The average molecular weight is 495 g/mol. The molecular weight excluding hydrogens is 468 g/mol. The van der Waals surface area contributed by atoms with Crippen LogP contribution in [0, 0.1) is 0 Å². The first-order chi connectivity index (χ1) is 16.8. The van der Waals surface area contributed by atoms with Crippen molar-refractivity contribution in [2.75, 3.05) is 26.4 Å². The molecule has 0 N–H and O–H groups in total. The van der Waals surface area contributed by atoms with E-state index in [1.54, 1.807) is 22.7 Å². The first kappa shape index (κ1) is 20.8. The van der Waals surface area contributed by atoms with E-state index in [0.29, 0.717) is 26.4 Å². The van der Waals surface area contributed by atoms with Crippen molar-refractivity contribution in [1.82, 2.24) is 0 Å². The third-order valence-corrected chi connectivity index (χ3v) is 8.98. The minimum absolute atomic E-state index is 0.364. The normalized spacial score (nSPS) is 20.1. The molecule has 1 saturated carbocycles. The Morgan fingerprint density at radius 2 is 1.09 bits per heavy atom. The van der Waals surface area contributed by atoms with Gasteiger partial charge in [-0.25, -0.2) is 0 Å². The quantitative estimate of drug-likeness (QED) is 0.480. The molecule has 6 nitrogen and oxygen atoms in total. The van der Waals surface area contributed by atoms with E-state index in [-0.39, 0.29) is 5.66 Å². The fraction of sp³-hybridized carbons (Fsp3) is 0.462. The van der Waals surface area contributed by atoms with Gasteiger partial charge in [-0.1, -0.05) is 31.4 Å². The molecule has 4 aliphatic rings. The van der Waals surface area contributed by atoms with Gasteiger partial charge >= 0.3 is 0 Å². The number of thiophene rings is 2. The van der Waals surface area contributed by atoms with Gasteiger partial charge in [0.05, 0.1) is 20.5 Å². The van der Waals surface area contributed by atoms with Gasteiger partial charge in [-0.2, -0.15) is 0 Å². The van der Waals surface area contributed by atoms with Crippen LogP contribution in [0.2, 0.25) is 0 Å². The maximum absolute atomic E-state index is 6.04. The molecule has 0 unspecified atom stereocenters. The van der Waals surface area contributed by atoms with E-state index in [1.807, 2.05) is 10.8 Å². The number of fused-ring (bicyclic) bond motifs is 3. The first-order valence-electron chi connectivity index (χ1n) is 12.2. The third kappa shape index (κ3) is 3.33. The van der Waals surface area contributed by atoms with Crippen molar-refractivity contribution in [3.8, 4) is 43.9 Å². The van der Waals surface area contributed by atoms with Crippen molar-refractivity contribution in [1.29, 1.82) is 0 Å². The molecule has 3 aromatic rings. The van der Waals surface area contributed by atoms with E-state index in [1.165, 1.54) is 32.1 Å². The summed E-state index contributed by atoms with van der Waals surface area (Å²) in [6, 6.07) is 4.35. The van der Waals surface area contributed by atoms with Crippen molar-refractivity contribution in [2.24, 2.45) is 9.98 Å². The van der Waals surface area contributed by atoms with Gasteiger partial charge in [0.25, 0.3) is 0 Å². The Morgan fingerprint density at radius 3 is 1.62 bits per heavy atom. The van der Waals surface area contributed by atoms with E-state index < -0.39 is 0 Å². The molecule has 0 amide bonds. The monoisotopic (exact) mass is 494 g/mol. The SMILES string of the molecule is c1sc(-c2ccc(-c3scc4c3OCCO4)c3c2=NC2(CCCCCCC2)N=3)c2c1OCCO2. The summed E-state index contributed by atoms with van der Waals surface area (Å²) in [4.78, 5) is 13.0. The number of hydrogen-bond acceptors (Lipinski definition) is 8. The van der Waals surface area contributed by atoms with Gasteiger partial charge in [0.15, 0.2) is 28.7 Å². The fourth-order valence-electron chi connectivity index (χ4n) is 5.41. The lowest BCUT2D eigenvalue weighted by Crippen LogP contribution is -2.26. The van der Waals surface area contributed by atoms with Crippen LogP contribution in [0.3, 0.4) is 0 Å². The van der Waals surface area contributed by atoms with Crippen LogP contribution in [0.1, 0.15) is 44.9 Å². The summed E-state index contributed by atoms with van der Waals surface area (Å²) in [7, 11) is 0. The molecule has 0 bridgehead atoms. The molecule has 0 atom stereocenters. The van der Waals surface area contributed by atoms with Crippen LogP contribution >= 0.6 is 22.7 Å². The van der Waals surface area contributed by atoms with Crippen LogP contribution in [-0.2, 0) is 0 Å². The number of hydrogen-bond donors (Lipinski definition) is 0. The molecule has 1 spiro atoms. The minimum Gasteiger partial charge on any atom is -0.485 e. The van der Waals surface area contributed by atoms with Crippen LogP contribution < -0.4 is 29.7 Å². The summed E-state index contributed by atoms with van der Waals surface area (Å²) in [5.74, 6) is 3.34. The van der Waals surface area contributed by atoms with Crippen molar-refractivity contribution in [3.63, 3.8) is 0 Å². The maximum Gasteiger partial charge on any atom is 0.180 e. The minimum atomic E-state index is -0.364. The topological polar surface area (TPSA) is 61.6 Å². The Morgan fingerprint density at radius 1 is 0.618 bits per heavy atom. The van der Waals surface area contributed by atoms with E-state index in [9.17, 15) is 0 Å². The summed E-state index contributed by atoms with van der Waals surface area (Å²) < 4.78 is 23.7. The second-order valence-electron chi connectivity index (χ2n) is 9.24. The predicted octanol–water partition coefficient (Wildman–Crippen LogP) is 5.38. The average Bonchev–Trinajstić information content (AvgIpc) is 3.57. The zero-order valence-electron chi connectivity index (χ0n) is 18.9. The maximum atomic E-state index is 6.04. The molecule has 1 fully saturated rings.